The molecular formula is C13H24N2O2. The minimum absolute atomic E-state index is 0.0398. The van der Waals surface area contributed by atoms with Crippen LogP contribution in [0.5, 0.6) is 0 Å². The van der Waals surface area contributed by atoms with Gasteiger partial charge in [0.2, 0.25) is 0 Å². The number of hydrogen-bond acceptors (Lipinski definition) is 3. The SMILES string of the molecule is CNC[C@H]1CN(C2CCCCCCC2)C(=O)O1. The standard InChI is InChI=1S/C13H24N2O2/c1-14-9-12-10-15(13(16)17-12)11-7-5-3-2-4-6-8-11/h11-12,14H,2-10H2,1H3/t12-/m0/s1. The van der Waals surface area contributed by atoms with Gasteiger partial charge in [-0.1, -0.05) is 32.1 Å². The van der Waals surface area contributed by atoms with Gasteiger partial charge in [0, 0.05) is 12.6 Å². The zero-order valence-electron chi connectivity index (χ0n) is 10.8. The lowest BCUT2D eigenvalue weighted by Crippen LogP contribution is -2.37. The first kappa shape index (κ1) is 12.7. The summed E-state index contributed by atoms with van der Waals surface area (Å²) in [6.07, 6.45) is 8.76. The van der Waals surface area contributed by atoms with E-state index in [1.165, 1.54) is 32.1 Å². The van der Waals surface area contributed by atoms with Crippen molar-refractivity contribution in [3.63, 3.8) is 0 Å². The van der Waals surface area contributed by atoms with E-state index >= 15 is 0 Å². The number of likely N-dealkylation sites (N-methyl/N-ethyl adjacent to an activating group) is 1. The molecule has 1 aliphatic carbocycles. The van der Waals surface area contributed by atoms with Crippen molar-refractivity contribution >= 4 is 6.09 Å². The van der Waals surface area contributed by atoms with Crippen molar-refractivity contribution in [3.8, 4) is 0 Å². The summed E-state index contributed by atoms with van der Waals surface area (Å²) >= 11 is 0. The van der Waals surface area contributed by atoms with Gasteiger partial charge in [0.25, 0.3) is 0 Å². The van der Waals surface area contributed by atoms with Crippen molar-refractivity contribution in [2.75, 3.05) is 20.1 Å². The van der Waals surface area contributed by atoms with Crippen LogP contribution < -0.4 is 5.32 Å². The Kier molecular flexibility index (Phi) is 4.66. The Hall–Kier alpha value is -0.770. The van der Waals surface area contributed by atoms with Gasteiger partial charge in [-0.05, 0) is 19.9 Å². The van der Waals surface area contributed by atoms with E-state index < -0.39 is 0 Å². The highest BCUT2D eigenvalue weighted by molar-refractivity contribution is 5.70. The molecule has 17 heavy (non-hydrogen) atoms. The molecule has 1 N–H and O–H groups in total. The Morgan fingerprint density at radius 1 is 1.24 bits per heavy atom. The number of rotatable bonds is 3. The van der Waals surface area contributed by atoms with Crippen LogP contribution in [0.3, 0.4) is 0 Å². The average Bonchev–Trinajstić information content (AvgIpc) is 2.60. The van der Waals surface area contributed by atoms with Crippen LogP contribution in [0.15, 0.2) is 0 Å². The fourth-order valence-corrected chi connectivity index (χ4v) is 2.92. The molecule has 0 bridgehead atoms. The van der Waals surface area contributed by atoms with Crippen LogP contribution >= 0.6 is 0 Å². The van der Waals surface area contributed by atoms with Crippen molar-refractivity contribution < 1.29 is 9.53 Å². The van der Waals surface area contributed by atoms with Crippen molar-refractivity contribution in [1.82, 2.24) is 10.2 Å². The molecule has 0 spiro atoms. The van der Waals surface area contributed by atoms with Crippen LogP contribution in [-0.4, -0.2) is 43.3 Å². The van der Waals surface area contributed by atoms with Crippen LogP contribution in [0, 0.1) is 0 Å². The third-order valence-electron chi connectivity index (χ3n) is 3.85. The predicted octanol–water partition coefficient (Wildman–Crippen LogP) is 2.14. The van der Waals surface area contributed by atoms with E-state index in [0.717, 1.165) is 25.9 Å². The van der Waals surface area contributed by atoms with Crippen molar-refractivity contribution in [2.24, 2.45) is 0 Å². The van der Waals surface area contributed by atoms with Crippen LogP contribution in [0.4, 0.5) is 4.79 Å². The molecule has 1 atom stereocenters. The summed E-state index contributed by atoms with van der Waals surface area (Å²) in [7, 11) is 1.90. The van der Waals surface area contributed by atoms with Crippen molar-refractivity contribution in [3.05, 3.63) is 0 Å². The first-order chi connectivity index (χ1) is 8.31. The second-order valence-corrected chi connectivity index (χ2v) is 5.21. The average molecular weight is 240 g/mol. The third-order valence-corrected chi connectivity index (χ3v) is 3.85. The number of nitrogens with zero attached hydrogens (tertiary/aromatic N) is 1. The lowest BCUT2D eigenvalue weighted by atomic mass is 9.96. The van der Waals surface area contributed by atoms with Crippen molar-refractivity contribution in [1.29, 1.82) is 0 Å². The number of hydrogen-bond donors (Lipinski definition) is 1. The zero-order valence-corrected chi connectivity index (χ0v) is 10.8. The van der Waals surface area contributed by atoms with Gasteiger partial charge in [-0.25, -0.2) is 4.79 Å². The minimum atomic E-state index is -0.101. The molecule has 1 saturated heterocycles. The maximum absolute atomic E-state index is 11.8. The maximum atomic E-state index is 11.8. The lowest BCUT2D eigenvalue weighted by Gasteiger charge is -2.27. The van der Waals surface area contributed by atoms with Crippen LogP contribution in [0.25, 0.3) is 0 Å². The summed E-state index contributed by atoms with van der Waals surface area (Å²) in [5, 5.41) is 3.07. The summed E-state index contributed by atoms with van der Waals surface area (Å²) in [5.74, 6) is 0. The van der Waals surface area contributed by atoms with Gasteiger partial charge in [-0.2, -0.15) is 0 Å². The number of ether oxygens (including phenoxy) is 1. The maximum Gasteiger partial charge on any atom is 0.410 e. The molecule has 2 aliphatic rings. The van der Waals surface area contributed by atoms with E-state index in [-0.39, 0.29) is 12.2 Å². The Labute approximate surface area is 104 Å². The molecule has 1 amide bonds. The van der Waals surface area contributed by atoms with E-state index in [1.807, 2.05) is 11.9 Å². The molecule has 2 rings (SSSR count). The number of amides is 1. The van der Waals surface area contributed by atoms with Crippen LogP contribution in [0.2, 0.25) is 0 Å². The van der Waals surface area contributed by atoms with Gasteiger partial charge in [-0.3, -0.25) is 0 Å². The van der Waals surface area contributed by atoms with Gasteiger partial charge in [0.15, 0.2) is 0 Å². The first-order valence-electron chi connectivity index (χ1n) is 6.93. The molecule has 0 aromatic rings. The summed E-state index contributed by atoms with van der Waals surface area (Å²) in [5.41, 5.74) is 0. The van der Waals surface area contributed by atoms with Gasteiger partial charge < -0.3 is 15.0 Å². The Balaban J connectivity index is 1.89. The summed E-state index contributed by atoms with van der Waals surface area (Å²) in [6, 6.07) is 0.421. The number of carbonyl (C=O) groups excluding carboxylic acids is 1. The predicted molar refractivity (Wildman–Crippen MR) is 67.0 cm³/mol. The smallest absolute Gasteiger partial charge is 0.410 e. The van der Waals surface area contributed by atoms with Gasteiger partial charge >= 0.3 is 6.09 Å². The normalized spacial score (nSPS) is 27.7. The molecule has 1 saturated carbocycles. The number of carbonyl (C=O) groups is 1. The van der Waals surface area contributed by atoms with E-state index in [1.54, 1.807) is 0 Å². The van der Waals surface area contributed by atoms with E-state index in [0.29, 0.717) is 6.04 Å². The molecule has 0 unspecified atom stereocenters. The highest BCUT2D eigenvalue weighted by atomic mass is 16.6. The second kappa shape index (κ2) is 6.24. The van der Waals surface area contributed by atoms with E-state index in [4.69, 9.17) is 4.74 Å². The largest absolute Gasteiger partial charge is 0.443 e. The molecule has 4 heteroatoms. The highest BCUT2D eigenvalue weighted by Crippen LogP contribution is 2.25. The molecule has 0 radical (unpaired) electrons. The molecule has 2 fully saturated rings. The number of cyclic esters (lactones) is 1. The molecule has 1 aliphatic heterocycles. The quantitative estimate of drug-likeness (QED) is 0.821. The third kappa shape index (κ3) is 3.35. The summed E-state index contributed by atoms with van der Waals surface area (Å²) < 4.78 is 5.36. The zero-order chi connectivity index (χ0) is 12.1. The Bertz CT molecular complexity index is 250. The molecular weight excluding hydrogens is 216 g/mol. The minimum Gasteiger partial charge on any atom is -0.443 e. The van der Waals surface area contributed by atoms with Gasteiger partial charge in [0.05, 0.1) is 6.54 Å². The molecule has 0 aromatic heterocycles. The monoisotopic (exact) mass is 240 g/mol. The van der Waals surface area contributed by atoms with Crippen molar-refractivity contribution in [2.45, 2.75) is 57.1 Å². The van der Waals surface area contributed by atoms with E-state index in [2.05, 4.69) is 5.32 Å². The summed E-state index contributed by atoms with van der Waals surface area (Å²) in [4.78, 5) is 13.8. The Morgan fingerprint density at radius 3 is 2.53 bits per heavy atom. The van der Waals surface area contributed by atoms with E-state index in [9.17, 15) is 4.79 Å². The molecule has 0 aromatic carbocycles. The van der Waals surface area contributed by atoms with Gasteiger partial charge in [0.1, 0.15) is 6.10 Å². The fourth-order valence-electron chi connectivity index (χ4n) is 2.92. The topological polar surface area (TPSA) is 41.6 Å². The summed E-state index contributed by atoms with van der Waals surface area (Å²) in [6.45, 7) is 1.53. The first-order valence-corrected chi connectivity index (χ1v) is 6.93. The molecule has 4 nitrogen and oxygen atoms in total. The van der Waals surface area contributed by atoms with Crippen LogP contribution in [-0.2, 0) is 4.74 Å². The van der Waals surface area contributed by atoms with Gasteiger partial charge in [-0.15, -0.1) is 0 Å². The molecule has 98 valence electrons. The highest BCUT2D eigenvalue weighted by Gasteiger charge is 2.35. The fraction of sp³-hybridized carbons (Fsp3) is 0.923. The Morgan fingerprint density at radius 2 is 1.88 bits per heavy atom. The molecule has 1 heterocycles. The number of nitrogens with one attached hydrogen (secondary N) is 1. The second-order valence-electron chi connectivity index (χ2n) is 5.21. The van der Waals surface area contributed by atoms with Crippen LogP contribution in [0.1, 0.15) is 44.9 Å². The lowest BCUT2D eigenvalue weighted by molar-refractivity contribution is 0.125.